The zero-order valence-electron chi connectivity index (χ0n) is 12.0. The second-order valence-corrected chi connectivity index (χ2v) is 5.65. The summed E-state index contributed by atoms with van der Waals surface area (Å²) in [6.45, 7) is 3.84. The van der Waals surface area contributed by atoms with Crippen molar-refractivity contribution in [1.82, 2.24) is 14.7 Å². The maximum absolute atomic E-state index is 10.7. The lowest BCUT2D eigenvalue weighted by Gasteiger charge is -2.42. The number of rotatable bonds is 5. The number of benzene rings is 1. The van der Waals surface area contributed by atoms with Crippen molar-refractivity contribution in [1.29, 1.82) is 0 Å². The lowest BCUT2D eigenvalue weighted by Crippen LogP contribution is -2.48. The molecule has 1 atom stereocenters. The number of nitrogens with zero attached hydrogens (tertiary/aromatic N) is 3. The van der Waals surface area contributed by atoms with Crippen LogP contribution < -0.4 is 0 Å². The number of carbonyl (C=O) groups is 1. The van der Waals surface area contributed by atoms with Crippen molar-refractivity contribution >= 4 is 5.97 Å². The summed E-state index contributed by atoms with van der Waals surface area (Å²) in [5.74, 6) is -0.418. The van der Waals surface area contributed by atoms with Crippen LogP contribution in [0.5, 0.6) is 0 Å². The molecule has 2 heterocycles. The van der Waals surface area contributed by atoms with E-state index in [2.05, 4.69) is 16.9 Å². The first-order chi connectivity index (χ1) is 10.1. The molecular weight excluding hydrogens is 266 g/mol. The number of hydrogen-bond donors (Lipinski definition) is 1. The van der Waals surface area contributed by atoms with Gasteiger partial charge in [0.25, 0.3) is 0 Å². The summed E-state index contributed by atoms with van der Waals surface area (Å²) in [6.07, 6.45) is 4.21. The molecule has 1 aromatic carbocycles. The Morgan fingerprint density at radius 3 is 2.76 bits per heavy atom. The van der Waals surface area contributed by atoms with Gasteiger partial charge in [-0.1, -0.05) is 18.2 Å². The van der Waals surface area contributed by atoms with Crippen molar-refractivity contribution in [2.45, 2.75) is 19.4 Å². The summed E-state index contributed by atoms with van der Waals surface area (Å²) in [5.41, 5.74) is 2.20. The Labute approximate surface area is 123 Å². The van der Waals surface area contributed by atoms with E-state index >= 15 is 0 Å². The predicted octanol–water partition coefficient (Wildman–Crippen LogP) is 2.34. The van der Waals surface area contributed by atoms with E-state index in [4.69, 9.17) is 5.11 Å². The molecule has 3 rings (SSSR count). The fourth-order valence-electron chi connectivity index (χ4n) is 2.79. The number of aromatic nitrogens is 2. The molecule has 1 aromatic heterocycles. The topological polar surface area (TPSA) is 58.4 Å². The van der Waals surface area contributed by atoms with Crippen molar-refractivity contribution in [3.05, 3.63) is 48.3 Å². The van der Waals surface area contributed by atoms with Crippen molar-refractivity contribution < 1.29 is 9.90 Å². The molecule has 1 aliphatic heterocycles. The second kappa shape index (κ2) is 5.69. The van der Waals surface area contributed by atoms with Gasteiger partial charge in [0.1, 0.15) is 0 Å². The highest BCUT2D eigenvalue weighted by atomic mass is 16.4. The van der Waals surface area contributed by atoms with Gasteiger partial charge in [-0.05, 0) is 25.0 Å². The molecule has 21 heavy (non-hydrogen) atoms. The van der Waals surface area contributed by atoms with E-state index in [0.717, 1.165) is 24.3 Å². The highest BCUT2D eigenvalue weighted by Crippen LogP contribution is 2.29. The van der Waals surface area contributed by atoms with Crippen LogP contribution in [0.3, 0.4) is 0 Å². The van der Waals surface area contributed by atoms with Crippen LogP contribution in [0.25, 0.3) is 5.69 Å². The standard InChI is InChI=1S/C16H19N3O2/c1-12(18-9-13(10-18)7-16(20)21)14-8-17-19(11-14)15-5-3-2-4-6-15/h2-6,8,11-13H,7,9-10H2,1H3,(H,20,21). The number of likely N-dealkylation sites (tertiary alicyclic amines) is 1. The number of aliphatic carboxylic acids is 1. The maximum Gasteiger partial charge on any atom is 0.303 e. The lowest BCUT2D eigenvalue weighted by molar-refractivity contribution is -0.139. The Kier molecular flexibility index (Phi) is 3.75. The minimum Gasteiger partial charge on any atom is -0.481 e. The van der Waals surface area contributed by atoms with Gasteiger partial charge in [-0.25, -0.2) is 4.68 Å². The van der Waals surface area contributed by atoms with Gasteiger partial charge in [0, 0.05) is 30.9 Å². The molecule has 1 aliphatic rings. The molecule has 1 fully saturated rings. The van der Waals surface area contributed by atoms with E-state index in [1.54, 1.807) is 0 Å². The first kappa shape index (κ1) is 13.8. The zero-order valence-corrected chi connectivity index (χ0v) is 12.0. The highest BCUT2D eigenvalue weighted by Gasteiger charge is 2.32. The maximum atomic E-state index is 10.7. The summed E-state index contributed by atoms with van der Waals surface area (Å²) >= 11 is 0. The molecule has 0 spiro atoms. The first-order valence-corrected chi connectivity index (χ1v) is 7.19. The normalized spacial score (nSPS) is 17.4. The van der Waals surface area contributed by atoms with Crippen molar-refractivity contribution in [2.75, 3.05) is 13.1 Å². The highest BCUT2D eigenvalue weighted by molar-refractivity contribution is 5.67. The molecule has 0 amide bonds. The summed E-state index contributed by atoms with van der Waals surface area (Å²) in [5, 5.41) is 13.2. The number of para-hydroxylation sites is 1. The summed E-state index contributed by atoms with van der Waals surface area (Å²) in [7, 11) is 0. The van der Waals surface area contributed by atoms with Crippen LogP contribution in [0.4, 0.5) is 0 Å². The second-order valence-electron chi connectivity index (χ2n) is 5.65. The van der Waals surface area contributed by atoms with Crippen molar-refractivity contribution in [3.8, 4) is 5.69 Å². The van der Waals surface area contributed by atoms with Crippen LogP contribution >= 0.6 is 0 Å². The largest absolute Gasteiger partial charge is 0.481 e. The summed E-state index contributed by atoms with van der Waals surface area (Å²) < 4.78 is 1.88. The van der Waals surface area contributed by atoms with E-state index in [1.165, 1.54) is 0 Å². The van der Waals surface area contributed by atoms with E-state index in [1.807, 2.05) is 47.4 Å². The average molecular weight is 285 g/mol. The van der Waals surface area contributed by atoms with E-state index in [9.17, 15) is 4.79 Å². The Morgan fingerprint density at radius 1 is 1.38 bits per heavy atom. The van der Waals surface area contributed by atoms with Gasteiger partial charge in [-0.2, -0.15) is 5.10 Å². The van der Waals surface area contributed by atoms with Gasteiger partial charge in [0.2, 0.25) is 0 Å². The monoisotopic (exact) mass is 285 g/mol. The van der Waals surface area contributed by atoms with Crippen molar-refractivity contribution in [3.63, 3.8) is 0 Å². The van der Waals surface area contributed by atoms with Gasteiger partial charge in [-0.15, -0.1) is 0 Å². The van der Waals surface area contributed by atoms with E-state index < -0.39 is 5.97 Å². The van der Waals surface area contributed by atoms with Crippen LogP contribution in [0.2, 0.25) is 0 Å². The van der Waals surface area contributed by atoms with Gasteiger partial charge < -0.3 is 5.11 Å². The van der Waals surface area contributed by atoms with Gasteiger partial charge in [-0.3, -0.25) is 9.69 Å². The molecule has 2 aromatic rings. The SMILES string of the molecule is CC(c1cnn(-c2ccccc2)c1)N1CC(CC(=O)O)C1. The van der Waals surface area contributed by atoms with Gasteiger partial charge in [0.05, 0.1) is 18.3 Å². The number of carboxylic acids is 1. The third-order valence-corrected chi connectivity index (χ3v) is 4.10. The van der Waals surface area contributed by atoms with Crippen LogP contribution in [0.1, 0.15) is 24.9 Å². The fraction of sp³-hybridized carbons (Fsp3) is 0.375. The van der Waals surface area contributed by atoms with Crippen LogP contribution in [-0.2, 0) is 4.79 Å². The van der Waals surface area contributed by atoms with Crippen LogP contribution in [0, 0.1) is 5.92 Å². The van der Waals surface area contributed by atoms with Crippen molar-refractivity contribution in [2.24, 2.45) is 5.92 Å². The molecule has 5 heteroatoms. The predicted molar refractivity (Wildman–Crippen MR) is 79.3 cm³/mol. The summed E-state index contributed by atoms with van der Waals surface area (Å²) in [4.78, 5) is 13.0. The smallest absolute Gasteiger partial charge is 0.303 e. The first-order valence-electron chi connectivity index (χ1n) is 7.19. The van der Waals surface area contributed by atoms with Gasteiger partial charge in [0.15, 0.2) is 0 Å². The quantitative estimate of drug-likeness (QED) is 0.916. The molecule has 1 N–H and O–H groups in total. The summed E-state index contributed by atoms with van der Waals surface area (Å²) in [6, 6.07) is 10.3. The Morgan fingerprint density at radius 2 is 2.10 bits per heavy atom. The third kappa shape index (κ3) is 2.97. The van der Waals surface area contributed by atoms with Crippen LogP contribution in [-0.4, -0.2) is 38.8 Å². The Hall–Kier alpha value is -2.14. The third-order valence-electron chi connectivity index (χ3n) is 4.10. The van der Waals surface area contributed by atoms with E-state index in [0.29, 0.717) is 0 Å². The molecular formula is C16H19N3O2. The molecule has 5 nitrogen and oxygen atoms in total. The number of carboxylic acid groups (broad SMARTS) is 1. The molecule has 0 saturated carbocycles. The molecule has 1 saturated heterocycles. The van der Waals surface area contributed by atoms with E-state index in [-0.39, 0.29) is 18.4 Å². The van der Waals surface area contributed by atoms with Gasteiger partial charge >= 0.3 is 5.97 Å². The minimum atomic E-state index is -0.704. The molecule has 0 radical (unpaired) electrons. The Bertz CT molecular complexity index is 617. The molecule has 0 bridgehead atoms. The zero-order chi connectivity index (χ0) is 14.8. The number of hydrogen-bond acceptors (Lipinski definition) is 3. The molecule has 110 valence electrons. The van der Waals surface area contributed by atoms with Crippen LogP contribution in [0.15, 0.2) is 42.7 Å². The molecule has 1 unspecified atom stereocenters. The Balaban J connectivity index is 1.63. The fourth-order valence-corrected chi connectivity index (χ4v) is 2.79. The lowest BCUT2D eigenvalue weighted by atomic mass is 9.93. The average Bonchev–Trinajstić information content (AvgIpc) is 2.92. The molecule has 0 aliphatic carbocycles. The minimum absolute atomic E-state index is 0.270.